The van der Waals surface area contributed by atoms with Crippen LogP contribution in [0.25, 0.3) is 11.4 Å². The van der Waals surface area contributed by atoms with Gasteiger partial charge in [-0.2, -0.15) is 0 Å². The Bertz CT molecular complexity index is 1030. The SMILES string of the molecule is Cc1c(C)n(-c2c(C(C)C)cccc2C(C)C)c(=[Se])n1-c1c(C(C)C)cccc1C(C)C. The Balaban J connectivity index is 2.48. The van der Waals surface area contributed by atoms with Crippen LogP contribution in [0.4, 0.5) is 0 Å². The van der Waals surface area contributed by atoms with Crippen molar-refractivity contribution in [1.29, 1.82) is 0 Å². The van der Waals surface area contributed by atoms with Gasteiger partial charge in [0.25, 0.3) is 0 Å². The van der Waals surface area contributed by atoms with Crippen molar-refractivity contribution in [2.24, 2.45) is 0 Å². The van der Waals surface area contributed by atoms with Crippen molar-refractivity contribution in [2.45, 2.75) is 92.9 Å². The van der Waals surface area contributed by atoms with Crippen LogP contribution >= 0.6 is 0 Å². The Morgan fingerprint density at radius 2 is 0.781 bits per heavy atom. The predicted molar refractivity (Wildman–Crippen MR) is 140 cm³/mol. The first-order chi connectivity index (χ1) is 15.0. The molecule has 3 aromatic rings. The van der Waals surface area contributed by atoms with Crippen molar-refractivity contribution in [3.63, 3.8) is 0 Å². The summed E-state index contributed by atoms with van der Waals surface area (Å²) >= 11 is 3.49. The number of aromatic nitrogens is 2. The maximum atomic E-state index is 3.49. The third-order valence-corrected chi connectivity index (χ3v) is 7.48. The summed E-state index contributed by atoms with van der Waals surface area (Å²) in [6.07, 6.45) is 0. The first-order valence-electron chi connectivity index (χ1n) is 12.1. The number of imidazole rings is 1. The molecule has 0 saturated heterocycles. The molecule has 32 heavy (non-hydrogen) atoms. The molecule has 0 saturated carbocycles. The molecule has 3 heteroatoms. The van der Waals surface area contributed by atoms with Gasteiger partial charge in [0.15, 0.2) is 0 Å². The molecule has 0 spiro atoms. The summed E-state index contributed by atoms with van der Waals surface area (Å²) in [5.41, 5.74) is 10.9. The van der Waals surface area contributed by atoms with Crippen LogP contribution in [0.3, 0.4) is 0 Å². The van der Waals surface area contributed by atoms with E-state index >= 15 is 0 Å². The van der Waals surface area contributed by atoms with Gasteiger partial charge in [0.2, 0.25) is 0 Å². The van der Waals surface area contributed by atoms with E-state index in [0.29, 0.717) is 23.7 Å². The normalized spacial score (nSPS) is 12.1. The quantitative estimate of drug-likeness (QED) is 0.306. The summed E-state index contributed by atoms with van der Waals surface area (Å²) in [5, 5.41) is 0. The number of para-hydroxylation sites is 2. The second-order valence-corrected chi connectivity index (χ2v) is 11.1. The minimum absolute atomic E-state index is 0.452. The van der Waals surface area contributed by atoms with E-state index in [1.54, 1.807) is 0 Å². The first kappa shape index (κ1) is 24.8. The van der Waals surface area contributed by atoms with Gasteiger partial charge in [-0.3, -0.25) is 0 Å². The predicted octanol–water partition coefficient (Wildman–Crippen LogP) is 8.08. The van der Waals surface area contributed by atoms with Gasteiger partial charge in [-0.25, -0.2) is 0 Å². The van der Waals surface area contributed by atoms with E-state index in [2.05, 4.69) is 130 Å². The molecule has 0 bridgehead atoms. The molecule has 0 aliphatic heterocycles. The van der Waals surface area contributed by atoms with Gasteiger partial charge in [0.05, 0.1) is 0 Å². The average molecular weight is 496 g/mol. The number of hydrogen-bond donors (Lipinski definition) is 0. The molecule has 1 aromatic heterocycles. The summed E-state index contributed by atoms with van der Waals surface area (Å²) in [4.78, 5) is 0. The van der Waals surface area contributed by atoms with Gasteiger partial charge in [0.1, 0.15) is 0 Å². The third-order valence-electron chi connectivity index (χ3n) is 6.71. The van der Waals surface area contributed by atoms with E-state index < -0.39 is 0 Å². The number of hydrogen-bond acceptors (Lipinski definition) is 0. The van der Waals surface area contributed by atoms with Gasteiger partial charge in [-0.15, -0.1) is 0 Å². The van der Waals surface area contributed by atoms with Gasteiger partial charge in [-0.1, -0.05) is 0 Å². The van der Waals surface area contributed by atoms with Crippen LogP contribution < -0.4 is 0 Å². The molecule has 0 aliphatic rings. The van der Waals surface area contributed by atoms with Crippen molar-refractivity contribution >= 4 is 15.6 Å². The number of benzene rings is 2. The van der Waals surface area contributed by atoms with Gasteiger partial charge in [0, 0.05) is 0 Å². The fourth-order valence-electron chi connectivity index (χ4n) is 4.78. The van der Waals surface area contributed by atoms with Crippen LogP contribution in [-0.2, 0) is 0 Å². The van der Waals surface area contributed by atoms with E-state index in [1.165, 1.54) is 45.0 Å². The maximum absolute atomic E-state index is 3.49. The zero-order valence-electron chi connectivity index (χ0n) is 21.6. The summed E-state index contributed by atoms with van der Waals surface area (Å²) in [6.45, 7) is 22.9. The zero-order valence-corrected chi connectivity index (χ0v) is 23.3. The molecular formula is C29H40N2Se. The third kappa shape index (κ3) is 4.22. The molecule has 0 atom stereocenters. The fraction of sp³-hybridized carbons (Fsp3) is 0.483. The number of nitrogens with zero attached hydrogens (tertiary/aromatic N) is 2. The van der Waals surface area contributed by atoms with Gasteiger partial charge >= 0.3 is 203 Å². The van der Waals surface area contributed by atoms with Crippen molar-refractivity contribution < 1.29 is 0 Å². The van der Waals surface area contributed by atoms with E-state index in [4.69, 9.17) is 0 Å². The molecule has 0 N–H and O–H groups in total. The van der Waals surface area contributed by atoms with Crippen LogP contribution in [0.5, 0.6) is 0 Å². The van der Waals surface area contributed by atoms with Gasteiger partial charge < -0.3 is 0 Å². The second kappa shape index (κ2) is 9.57. The van der Waals surface area contributed by atoms with Crippen LogP contribution in [0.15, 0.2) is 36.4 Å². The van der Waals surface area contributed by atoms with Gasteiger partial charge in [-0.05, 0) is 0 Å². The molecule has 0 radical (unpaired) electrons. The molecular weight excluding hydrogens is 455 g/mol. The fourth-order valence-corrected chi connectivity index (χ4v) is 5.73. The van der Waals surface area contributed by atoms with Crippen LogP contribution in [0, 0.1) is 18.2 Å². The summed E-state index contributed by atoms with van der Waals surface area (Å²) in [5.74, 6) is 1.81. The average Bonchev–Trinajstić information content (AvgIpc) is 2.94. The Morgan fingerprint density at radius 1 is 0.531 bits per heavy atom. The monoisotopic (exact) mass is 496 g/mol. The van der Waals surface area contributed by atoms with Crippen molar-refractivity contribution in [3.8, 4) is 11.4 Å². The van der Waals surface area contributed by atoms with Crippen LogP contribution in [0.2, 0.25) is 0 Å². The second-order valence-electron chi connectivity index (χ2n) is 10.3. The van der Waals surface area contributed by atoms with E-state index in [0.717, 1.165) is 4.32 Å². The summed E-state index contributed by atoms with van der Waals surface area (Å²) in [6, 6.07) is 13.6. The molecule has 0 unspecified atom stereocenters. The van der Waals surface area contributed by atoms with Crippen LogP contribution in [0.1, 0.15) is 113 Å². The van der Waals surface area contributed by atoms with Crippen LogP contribution in [-0.4, -0.2) is 24.7 Å². The van der Waals surface area contributed by atoms with E-state index in [1.807, 2.05) is 0 Å². The Morgan fingerprint density at radius 3 is 1.00 bits per heavy atom. The van der Waals surface area contributed by atoms with Crippen molar-refractivity contribution in [2.75, 3.05) is 0 Å². The van der Waals surface area contributed by atoms with Crippen molar-refractivity contribution in [3.05, 3.63) is 74.4 Å². The molecule has 2 nitrogen and oxygen atoms in total. The standard InChI is InChI=1S/C29H40N2Se/c1-17(2)23-13-11-14-24(18(3)4)27(23)30-21(9)22(10)31(29(30)32)28-25(19(5)6)15-12-16-26(28)20(7)8/h11-20H,1-10H3. The molecule has 2 aromatic carbocycles. The van der Waals surface area contributed by atoms with Crippen molar-refractivity contribution in [1.82, 2.24) is 9.13 Å². The minimum atomic E-state index is 0.452. The molecule has 3 rings (SSSR count). The van der Waals surface area contributed by atoms with E-state index in [-0.39, 0.29) is 0 Å². The first-order valence-corrected chi connectivity index (χ1v) is 12.9. The topological polar surface area (TPSA) is 9.86 Å². The molecule has 0 aliphatic carbocycles. The number of rotatable bonds is 6. The Kier molecular flexibility index (Phi) is 7.42. The summed E-state index contributed by atoms with van der Waals surface area (Å²) in [7, 11) is 0. The Labute approximate surface area is 203 Å². The molecule has 1 heterocycles. The zero-order chi connectivity index (χ0) is 23.9. The van der Waals surface area contributed by atoms with E-state index in [9.17, 15) is 0 Å². The molecule has 0 fully saturated rings. The Hall–Kier alpha value is -1.83. The summed E-state index contributed by atoms with van der Waals surface area (Å²) < 4.78 is 6.10. The molecule has 172 valence electrons. The molecule has 0 amide bonds.